The second-order valence-corrected chi connectivity index (χ2v) is 3.22. The van der Waals surface area contributed by atoms with Crippen molar-refractivity contribution in [3.63, 3.8) is 0 Å². The lowest BCUT2D eigenvalue weighted by atomic mass is 9.90. The van der Waals surface area contributed by atoms with Gasteiger partial charge in [0, 0.05) is 17.5 Å². The Hall–Kier alpha value is -1.39. The molecular weight excluding hydrogens is 168 g/mol. The minimum absolute atomic E-state index is 0.442. The fourth-order valence-corrected chi connectivity index (χ4v) is 1.52. The fraction of sp³-hybridized carbons (Fsp3) is 0.222. The van der Waals surface area contributed by atoms with Gasteiger partial charge in [0.25, 0.3) is 0 Å². The highest BCUT2D eigenvalue weighted by atomic mass is 16.3. The number of aromatic amines is 1. The average molecular weight is 178 g/mol. The molecule has 0 aliphatic heterocycles. The summed E-state index contributed by atoms with van der Waals surface area (Å²) in [6, 6.07) is 1.61. The van der Waals surface area contributed by atoms with Crippen molar-refractivity contribution in [1.29, 1.82) is 0 Å². The number of ketones is 1. The lowest BCUT2D eigenvalue weighted by Crippen LogP contribution is -2.45. The summed E-state index contributed by atoms with van der Waals surface area (Å²) in [5.74, 6) is -0.475. The van der Waals surface area contributed by atoms with Gasteiger partial charge in [-0.1, -0.05) is 0 Å². The summed E-state index contributed by atoms with van der Waals surface area (Å²) < 4.78 is 0. The van der Waals surface area contributed by atoms with Gasteiger partial charge in [-0.05, 0) is 24.6 Å². The molecule has 1 aliphatic carbocycles. The predicted octanol–water partition coefficient (Wildman–Crippen LogP) is 0.105. The van der Waals surface area contributed by atoms with E-state index in [0.717, 1.165) is 11.3 Å². The zero-order valence-electron chi connectivity index (χ0n) is 7.16. The quantitative estimate of drug-likeness (QED) is 0.493. The first-order chi connectivity index (χ1) is 6.03. The van der Waals surface area contributed by atoms with Crippen LogP contribution in [0.15, 0.2) is 18.3 Å². The highest BCUT2D eigenvalue weighted by Crippen LogP contribution is 2.30. The summed E-state index contributed by atoms with van der Waals surface area (Å²) in [4.78, 5) is 14.2. The van der Waals surface area contributed by atoms with Crippen molar-refractivity contribution in [2.75, 3.05) is 0 Å². The summed E-state index contributed by atoms with van der Waals surface area (Å²) in [5, 5.41) is 9.67. The summed E-state index contributed by atoms with van der Waals surface area (Å²) >= 11 is 0. The molecule has 0 radical (unpaired) electrons. The molecule has 0 saturated heterocycles. The van der Waals surface area contributed by atoms with Crippen LogP contribution in [-0.2, 0) is 10.5 Å². The maximum Gasteiger partial charge on any atom is 0.207 e. The van der Waals surface area contributed by atoms with Crippen LogP contribution in [0.4, 0.5) is 0 Å². The van der Waals surface area contributed by atoms with E-state index >= 15 is 0 Å². The maximum absolute atomic E-state index is 11.3. The molecule has 1 aliphatic rings. The van der Waals surface area contributed by atoms with Crippen molar-refractivity contribution < 1.29 is 9.90 Å². The molecule has 0 aromatic carbocycles. The zero-order valence-corrected chi connectivity index (χ0v) is 7.16. The number of nitrogens with one attached hydrogen (secondary N) is 1. The van der Waals surface area contributed by atoms with Crippen LogP contribution in [0.3, 0.4) is 0 Å². The summed E-state index contributed by atoms with van der Waals surface area (Å²) in [7, 11) is 0. The minimum atomic E-state index is -1.87. The van der Waals surface area contributed by atoms with Gasteiger partial charge in [0.1, 0.15) is 0 Å². The number of aromatic nitrogens is 1. The Bertz CT molecular complexity index is 402. The van der Waals surface area contributed by atoms with Crippen LogP contribution in [0.5, 0.6) is 0 Å². The molecule has 4 nitrogen and oxygen atoms in total. The SMILES string of the molecule is CC1=CC(=O)C(N)(O)c2cc[nH]c21. The molecule has 1 unspecified atom stereocenters. The van der Waals surface area contributed by atoms with Gasteiger partial charge < -0.3 is 10.1 Å². The number of carbonyl (C=O) groups excluding carboxylic acids is 1. The first-order valence-corrected chi connectivity index (χ1v) is 3.95. The van der Waals surface area contributed by atoms with Gasteiger partial charge in [-0.2, -0.15) is 0 Å². The molecule has 0 fully saturated rings. The number of carbonyl (C=O) groups is 1. The number of allylic oxidation sites excluding steroid dienone is 1. The van der Waals surface area contributed by atoms with E-state index in [9.17, 15) is 9.90 Å². The minimum Gasteiger partial charge on any atom is -0.365 e. The summed E-state index contributed by atoms with van der Waals surface area (Å²) in [6.45, 7) is 1.79. The Morgan fingerprint density at radius 2 is 2.31 bits per heavy atom. The van der Waals surface area contributed by atoms with Gasteiger partial charge >= 0.3 is 0 Å². The van der Waals surface area contributed by atoms with Gasteiger partial charge in [0.2, 0.25) is 11.5 Å². The van der Waals surface area contributed by atoms with E-state index in [1.807, 2.05) is 0 Å². The second-order valence-electron chi connectivity index (χ2n) is 3.22. The lowest BCUT2D eigenvalue weighted by molar-refractivity contribution is -0.132. The third kappa shape index (κ3) is 0.961. The van der Waals surface area contributed by atoms with Gasteiger partial charge in [0.05, 0.1) is 0 Å². The number of rotatable bonds is 0. The first-order valence-electron chi connectivity index (χ1n) is 3.95. The Kier molecular flexibility index (Phi) is 1.46. The fourth-order valence-electron chi connectivity index (χ4n) is 1.52. The van der Waals surface area contributed by atoms with E-state index in [4.69, 9.17) is 5.73 Å². The zero-order chi connectivity index (χ0) is 9.64. The molecule has 0 spiro atoms. The molecule has 0 amide bonds. The molecule has 0 bridgehead atoms. The molecule has 1 aromatic heterocycles. The number of hydrogen-bond acceptors (Lipinski definition) is 3. The molecule has 1 atom stereocenters. The summed E-state index contributed by atoms with van der Waals surface area (Å²) in [6.07, 6.45) is 3.00. The van der Waals surface area contributed by atoms with E-state index in [0.29, 0.717) is 5.56 Å². The Balaban J connectivity index is 2.70. The third-order valence-electron chi connectivity index (χ3n) is 2.28. The molecular formula is C9H10N2O2. The molecule has 0 saturated carbocycles. The van der Waals surface area contributed by atoms with Gasteiger partial charge in [-0.15, -0.1) is 0 Å². The molecule has 2 rings (SSSR count). The Labute approximate surface area is 75.1 Å². The largest absolute Gasteiger partial charge is 0.365 e. The average Bonchev–Trinajstić information content (AvgIpc) is 2.49. The van der Waals surface area contributed by atoms with E-state index in [2.05, 4.69) is 4.98 Å². The van der Waals surface area contributed by atoms with Gasteiger partial charge in [-0.25, -0.2) is 0 Å². The highest BCUT2D eigenvalue weighted by molar-refractivity contribution is 6.05. The lowest BCUT2D eigenvalue weighted by Gasteiger charge is -2.24. The number of hydrogen-bond donors (Lipinski definition) is 3. The number of nitrogens with two attached hydrogens (primary N) is 1. The van der Waals surface area contributed by atoms with Crippen LogP contribution in [0.25, 0.3) is 5.57 Å². The smallest absolute Gasteiger partial charge is 0.207 e. The Morgan fingerprint density at radius 3 is 3.00 bits per heavy atom. The van der Waals surface area contributed by atoms with Crippen molar-refractivity contribution in [3.05, 3.63) is 29.6 Å². The van der Waals surface area contributed by atoms with E-state index < -0.39 is 11.5 Å². The number of aliphatic hydroxyl groups is 1. The normalized spacial score (nSPS) is 27.0. The highest BCUT2D eigenvalue weighted by Gasteiger charge is 2.38. The number of H-pyrrole nitrogens is 1. The molecule has 68 valence electrons. The van der Waals surface area contributed by atoms with Crippen molar-refractivity contribution in [3.8, 4) is 0 Å². The predicted molar refractivity (Wildman–Crippen MR) is 47.5 cm³/mol. The van der Waals surface area contributed by atoms with Crippen LogP contribution >= 0.6 is 0 Å². The van der Waals surface area contributed by atoms with Crippen molar-refractivity contribution in [2.24, 2.45) is 5.73 Å². The van der Waals surface area contributed by atoms with E-state index in [-0.39, 0.29) is 0 Å². The standard InChI is InChI=1S/C9H10N2O2/c1-5-4-7(12)9(10,13)6-2-3-11-8(5)6/h2-4,11,13H,10H2,1H3. The van der Waals surface area contributed by atoms with Crippen LogP contribution in [0, 0.1) is 0 Å². The topological polar surface area (TPSA) is 79.1 Å². The Morgan fingerprint density at radius 1 is 1.62 bits per heavy atom. The molecule has 4 N–H and O–H groups in total. The maximum atomic E-state index is 11.3. The van der Waals surface area contributed by atoms with E-state index in [1.54, 1.807) is 19.2 Å². The molecule has 1 aromatic rings. The molecule has 1 heterocycles. The van der Waals surface area contributed by atoms with Gasteiger partial charge in [0.15, 0.2) is 0 Å². The molecule has 4 heteroatoms. The van der Waals surface area contributed by atoms with Crippen LogP contribution in [0.1, 0.15) is 18.2 Å². The van der Waals surface area contributed by atoms with Crippen molar-refractivity contribution in [1.82, 2.24) is 4.98 Å². The van der Waals surface area contributed by atoms with Crippen LogP contribution in [-0.4, -0.2) is 15.9 Å². The van der Waals surface area contributed by atoms with Crippen LogP contribution in [0.2, 0.25) is 0 Å². The van der Waals surface area contributed by atoms with Crippen LogP contribution < -0.4 is 5.73 Å². The molecule has 13 heavy (non-hydrogen) atoms. The van der Waals surface area contributed by atoms with E-state index in [1.165, 1.54) is 6.08 Å². The van der Waals surface area contributed by atoms with Gasteiger partial charge in [-0.3, -0.25) is 10.5 Å². The summed E-state index contributed by atoms with van der Waals surface area (Å²) in [5.41, 5.74) is 5.58. The third-order valence-corrected chi connectivity index (χ3v) is 2.28. The monoisotopic (exact) mass is 178 g/mol. The van der Waals surface area contributed by atoms with Crippen molar-refractivity contribution >= 4 is 11.4 Å². The first kappa shape index (κ1) is 8.22. The van der Waals surface area contributed by atoms with Crippen molar-refractivity contribution in [2.45, 2.75) is 12.6 Å². The second kappa shape index (κ2) is 2.31. The number of fused-ring (bicyclic) bond motifs is 1.